The van der Waals surface area contributed by atoms with Gasteiger partial charge >= 0.3 is 0 Å². The molecule has 0 bridgehead atoms. The second-order valence-electron chi connectivity index (χ2n) is 5.50. The van der Waals surface area contributed by atoms with Crippen LogP contribution in [0.15, 0.2) is 21.2 Å². The summed E-state index contributed by atoms with van der Waals surface area (Å²) in [5.74, 6) is 2.98. The highest BCUT2D eigenvalue weighted by Crippen LogP contribution is 2.38. The number of anilines is 1. The fraction of sp³-hybridized carbons (Fsp3) is 0.643. The second kappa shape index (κ2) is 5.49. The Morgan fingerprint density at radius 1 is 1.11 bits per heavy atom. The van der Waals surface area contributed by atoms with Crippen LogP contribution < -0.4 is 4.90 Å². The molecule has 18 heavy (non-hydrogen) atoms. The van der Waals surface area contributed by atoms with Gasteiger partial charge in [0.25, 0.3) is 0 Å². The van der Waals surface area contributed by atoms with E-state index in [9.17, 15) is 0 Å². The Bertz CT molecular complexity index is 436. The van der Waals surface area contributed by atoms with Crippen LogP contribution in [0, 0.1) is 11.8 Å². The average Bonchev–Trinajstić information content (AvgIpc) is 2.38. The lowest BCUT2D eigenvalue weighted by molar-refractivity contribution is 0.202. The van der Waals surface area contributed by atoms with Crippen LogP contribution in [0.25, 0.3) is 0 Å². The molecule has 1 aliphatic heterocycles. The van der Waals surface area contributed by atoms with Crippen LogP contribution in [0.3, 0.4) is 0 Å². The average molecular weight is 374 g/mol. The zero-order valence-corrected chi connectivity index (χ0v) is 13.6. The molecule has 0 N–H and O–H groups in total. The van der Waals surface area contributed by atoms with E-state index >= 15 is 0 Å². The molecule has 2 fully saturated rings. The molecular weight excluding hydrogens is 356 g/mol. The number of hydrogen-bond donors (Lipinski definition) is 0. The number of hydrogen-bond acceptors (Lipinski definition) is 2. The summed E-state index contributed by atoms with van der Waals surface area (Å²) in [5, 5.41) is 0. The number of piperidine rings is 1. The number of halogens is 2. The van der Waals surface area contributed by atoms with E-state index in [1.54, 1.807) is 0 Å². The van der Waals surface area contributed by atoms with Gasteiger partial charge in [0.05, 0.1) is 4.47 Å². The van der Waals surface area contributed by atoms with Crippen molar-refractivity contribution in [2.45, 2.75) is 32.1 Å². The highest BCUT2D eigenvalue weighted by atomic mass is 79.9. The van der Waals surface area contributed by atoms with Crippen LogP contribution in [-0.4, -0.2) is 18.1 Å². The Morgan fingerprint density at radius 3 is 2.67 bits per heavy atom. The van der Waals surface area contributed by atoms with Crippen LogP contribution >= 0.6 is 31.9 Å². The molecule has 3 rings (SSSR count). The third-order valence-electron chi connectivity index (χ3n) is 4.38. The summed E-state index contributed by atoms with van der Waals surface area (Å²) in [7, 11) is 0. The maximum absolute atomic E-state index is 4.57. The van der Waals surface area contributed by atoms with Gasteiger partial charge in [0, 0.05) is 23.8 Å². The Labute approximate surface area is 125 Å². The fourth-order valence-electron chi connectivity index (χ4n) is 3.43. The molecule has 1 aliphatic carbocycles. The molecule has 0 radical (unpaired) electrons. The van der Waals surface area contributed by atoms with Crippen molar-refractivity contribution >= 4 is 37.7 Å². The van der Waals surface area contributed by atoms with Crippen LogP contribution in [-0.2, 0) is 0 Å². The molecule has 2 unspecified atom stereocenters. The standard InChI is InChI=1S/C14H18Br2N2/c15-12-7-13(16)14(17-8-12)18-6-5-10-3-1-2-4-11(10)9-18/h7-8,10-11H,1-6,9H2. The van der Waals surface area contributed by atoms with Crippen molar-refractivity contribution in [2.24, 2.45) is 11.8 Å². The molecule has 1 saturated heterocycles. The van der Waals surface area contributed by atoms with Gasteiger partial charge in [0.1, 0.15) is 5.82 Å². The van der Waals surface area contributed by atoms with Gasteiger partial charge in [0.15, 0.2) is 0 Å². The minimum absolute atomic E-state index is 0.893. The zero-order valence-electron chi connectivity index (χ0n) is 10.4. The largest absolute Gasteiger partial charge is 0.355 e. The van der Waals surface area contributed by atoms with E-state index in [2.05, 4.69) is 47.8 Å². The van der Waals surface area contributed by atoms with E-state index in [-0.39, 0.29) is 0 Å². The number of pyridine rings is 1. The lowest BCUT2D eigenvalue weighted by atomic mass is 9.75. The molecule has 2 nitrogen and oxygen atoms in total. The smallest absolute Gasteiger partial charge is 0.142 e. The maximum atomic E-state index is 4.57. The van der Waals surface area contributed by atoms with Crippen molar-refractivity contribution in [3.05, 3.63) is 21.2 Å². The Kier molecular flexibility index (Phi) is 3.94. The summed E-state index contributed by atoms with van der Waals surface area (Å²) >= 11 is 7.10. The molecule has 1 aromatic rings. The summed E-state index contributed by atoms with van der Waals surface area (Å²) in [6, 6.07) is 2.09. The lowest BCUT2D eigenvalue weighted by Gasteiger charge is -2.42. The van der Waals surface area contributed by atoms with Gasteiger partial charge in [-0.3, -0.25) is 0 Å². The first-order chi connectivity index (χ1) is 8.74. The Morgan fingerprint density at radius 2 is 1.89 bits per heavy atom. The highest BCUT2D eigenvalue weighted by molar-refractivity contribution is 9.11. The quantitative estimate of drug-likeness (QED) is 0.713. The van der Waals surface area contributed by atoms with Gasteiger partial charge in [-0.05, 0) is 62.6 Å². The van der Waals surface area contributed by atoms with Crippen molar-refractivity contribution in [1.29, 1.82) is 0 Å². The van der Waals surface area contributed by atoms with Gasteiger partial charge < -0.3 is 4.90 Å². The van der Waals surface area contributed by atoms with Crippen LogP contribution in [0.4, 0.5) is 5.82 Å². The zero-order chi connectivity index (χ0) is 12.5. The molecule has 1 saturated carbocycles. The Hall–Kier alpha value is -0.0900. The highest BCUT2D eigenvalue weighted by Gasteiger charge is 2.32. The summed E-state index contributed by atoms with van der Waals surface area (Å²) in [6.07, 6.45) is 8.97. The first-order valence-electron chi connectivity index (χ1n) is 6.80. The molecule has 0 spiro atoms. The molecule has 0 aromatic carbocycles. The van der Waals surface area contributed by atoms with E-state index in [1.807, 2.05) is 6.20 Å². The monoisotopic (exact) mass is 372 g/mol. The normalized spacial score (nSPS) is 28.0. The maximum Gasteiger partial charge on any atom is 0.142 e. The number of rotatable bonds is 1. The molecule has 1 aromatic heterocycles. The first-order valence-corrected chi connectivity index (χ1v) is 8.38. The topological polar surface area (TPSA) is 16.1 Å². The summed E-state index contributed by atoms with van der Waals surface area (Å²) in [6.45, 7) is 2.35. The summed E-state index contributed by atoms with van der Waals surface area (Å²) < 4.78 is 2.14. The summed E-state index contributed by atoms with van der Waals surface area (Å²) in [4.78, 5) is 7.03. The molecule has 2 heterocycles. The Balaban J connectivity index is 1.77. The van der Waals surface area contributed by atoms with Crippen molar-refractivity contribution in [3.63, 3.8) is 0 Å². The van der Waals surface area contributed by atoms with E-state index in [4.69, 9.17) is 0 Å². The van der Waals surface area contributed by atoms with Crippen LogP contribution in [0.1, 0.15) is 32.1 Å². The SMILES string of the molecule is Brc1cnc(N2CCC3CCCCC3C2)c(Br)c1. The predicted octanol–water partition coefficient (Wildman–Crippen LogP) is 4.62. The predicted molar refractivity (Wildman–Crippen MR) is 81.9 cm³/mol. The molecule has 2 aliphatic rings. The van der Waals surface area contributed by atoms with Gasteiger partial charge in [-0.2, -0.15) is 0 Å². The minimum atomic E-state index is 0.893. The fourth-order valence-corrected chi connectivity index (χ4v) is 4.67. The molecule has 0 amide bonds. The van der Waals surface area contributed by atoms with E-state index in [0.717, 1.165) is 33.1 Å². The first kappa shape index (κ1) is 12.9. The number of aromatic nitrogens is 1. The van der Waals surface area contributed by atoms with Crippen molar-refractivity contribution in [2.75, 3.05) is 18.0 Å². The molecular formula is C14H18Br2N2. The van der Waals surface area contributed by atoms with Gasteiger partial charge in [-0.1, -0.05) is 19.3 Å². The van der Waals surface area contributed by atoms with Gasteiger partial charge in [-0.15, -0.1) is 0 Å². The third-order valence-corrected chi connectivity index (χ3v) is 5.40. The summed E-state index contributed by atoms with van der Waals surface area (Å²) in [5.41, 5.74) is 0. The van der Waals surface area contributed by atoms with Gasteiger partial charge in [0.2, 0.25) is 0 Å². The minimum Gasteiger partial charge on any atom is -0.355 e. The van der Waals surface area contributed by atoms with Crippen LogP contribution in [0.5, 0.6) is 0 Å². The van der Waals surface area contributed by atoms with Gasteiger partial charge in [-0.25, -0.2) is 4.98 Å². The number of nitrogens with zero attached hydrogens (tertiary/aromatic N) is 2. The van der Waals surface area contributed by atoms with E-state index in [0.29, 0.717) is 0 Å². The molecule has 2 atom stereocenters. The van der Waals surface area contributed by atoms with Crippen molar-refractivity contribution < 1.29 is 0 Å². The van der Waals surface area contributed by atoms with Crippen molar-refractivity contribution in [3.8, 4) is 0 Å². The molecule has 4 heteroatoms. The lowest BCUT2D eigenvalue weighted by Crippen LogP contribution is -2.42. The van der Waals surface area contributed by atoms with Crippen LogP contribution in [0.2, 0.25) is 0 Å². The molecule has 98 valence electrons. The van der Waals surface area contributed by atoms with Crippen molar-refractivity contribution in [1.82, 2.24) is 4.98 Å². The third kappa shape index (κ3) is 2.60. The van der Waals surface area contributed by atoms with E-state index < -0.39 is 0 Å². The number of fused-ring (bicyclic) bond motifs is 1. The van der Waals surface area contributed by atoms with E-state index in [1.165, 1.54) is 38.6 Å². The second-order valence-corrected chi connectivity index (χ2v) is 7.27.